The van der Waals surface area contributed by atoms with Gasteiger partial charge in [-0.3, -0.25) is 0 Å². The van der Waals surface area contributed by atoms with Gasteiger partial charge in [-0.15, -0.1) is 12.4 Å². The van der Waals surface area contributed by atoms with Gasteiger partial charge in [-0.1, -0.05) is 6.07 Å². The van der Waals surface area contributed by atoms with E-state index in [0.29, 0.717) is 18.0 Å². The third kappa shape index (κ3) is 3.86. The third-order valence-electron chi connectivity index (χ3n) is 4.85. The number of hydrogen-bond donors (Lipinski definition) is 2. The molecule has 0 amide bonds. The summed E-state index contributed by atoms with van der Waals surface area (Å²) in [5, 5.41) is 3.38. The fourth-order valence-corrected chi connectivity index (χ4v) is 4.62. The molecule has 6 nitrogen and oxygen atoms in total. The highest BCUT2D eigenvalue weighted by atomic mass is 35.5. The van der Waals surface area contributed by atoms with E-state index >= 15 is 0 Å². The summed E-state index contributed by atoms with van der Waals surface area (Å²) in [6.07, 6.45) is 2.92. The minimum absolute atomic E-state index is 0. The molecular weight excluding hydrogens is 350 g/mol. The molecule has 3 rings (SSSR count). The second kappa shape index (κ2) is 7.58. The van der Waals surface area contributed by atoms with Crippen molar-refractivity contribution in [1.82, 2.24) is 10.0 Å². The zero-order valence-corrected chi connectivity index (χ0v) is 15.8. The number of rotatable bonds is 6. The Morgan fingerprint density at radius 2 is 2.21 bits per heavy atom. The largest absolute Gasteiger partial charge is 0.383 e. The van der Waals surface area contributed by atoms with Gasteiger partial charge in [0, 0.05) is 32.9 Å². The third-order valence-corrected chi connectivity index (χ3v) is 6.25. The van der Waals surface area contributed by atoms with Gasteiger partial charge in [-0.25, -0.2) is 13.1 Å². The number of hydrogen-bond acceptors (Lipinski definition) is 5. The van der Waals surface area contributed by atoms with Crippen LogP contribution in [0.5, 0.6) is 0 Å². The monoisotopic (exact) mass is 375 g/mol. The van der Waals surface area contributed by atoms with E-state index in [4.69, 9.17) is 4.74 Å². The molecule has 1 unspecified atom stereocenters. The first-order chi connectivity index (χ1) is 11.0. The molecular formula is C16H26ClN3O3S. The van der Waals surface area contributed by atoms with Crippen LogP contribution in [0.15, 0.2) is 23.1 Å². The molecule has 0 aromatic heterocycles. The minimum Gasteiger partial charge on any atom is -0.383 e. The maximum atomic E-state index is 12.6. The Balaban J connectivity index is 0.00000208. The normalized spacial score (nSPS) is 23.2. The second-order valence-electron chi connectivity index (χ2n) is 6.53. The summed E-state index contributed by atoms with van der Waals surface area (Å²) in [4.78, 5) is 2.43. The van der Waals surface area contributed by atoms with Crippen molar-refractivity contribution in [2.24, 2.45) is 0 Å². The first-order valence-electron chi connectivity index (χ1n) is 8.03. The van der Waals surface area contributed by atoms with Crippen molar-refractivity contribution in [2.75, 3.05) is 45.3 Å². The molecule has 0 radical (unpaired) electrons. The Kier molecular flexibility index (Phi) is 6.14. The van der Waals surface area contributed by atoms with E-state index < -0.39 is 10.0 Å². The van der Waals surface area contributed by atoms with Gasteiger partial charge < -0.3 is 15.0 Å². The first kappa shape index (κ1) is 19.5. The van der Waals surface area contributed by atoms with Crippen molar-refractivity contribution in [3.63, 3.8) is 0 Å². The summed E-state index contributed by atoms with van der Waals surface area (Å²) in [6.45, 7) is 2.68. The molecule has 0 aliphatic carbocycles. The van der Waals surface area contributed by atoms with Crippen LogP contribution in [0.1, 0.15) is 18.4 Å². The van der Waals surface area contributed by atoms with Crippen LogP contribution in [0.4, 0.5) is 5.69 Å². The van der Waals surface area contributed by atoms with Gasteiger partial charge in [0.2, 0.25) is 10.0 Å². The zero-order valence-electron chi connectivity index (χ0n) is 14.2. The van der Waals surface area contributed by atoms with Crippen LogP contribution in [0.25, 0.3) is 0 Å². The number of fused-ring (bicyclic) bond motifs is 1. The second-order valence-corrected chi connectivity index (χ2v) is 8.30. The lowest BCUT2D eigenvalue weighted by Gasteiger charge is -2.28. The molecule has 1 aromatic carbocycles. The van der Waals surface area contributed by atoms with Gasteiger partial charge in [-0.2, -0.15) is 0 Å². The Bertz CT molecular complexity index is 675. The number of sulfonamides is 1. The fourth-order valence-electron chi connectivity index (χ4n) is 3.47. The van der Waals surface area contributed by atoms with E-state index in [2.05, 4.69) is 14.9 Å². The van der Waals surface area contributed by atoms with E-state index in [0.717, 1.165) is 38.0 Å². The summed E-state index contributed by atoms with van der Waals surface area (Å²) in [6, 6.07) is 5.40. The number of halogens is 1. The van der Waals surface area contributed by atoms with Gasteiger partial charge in [-0.05, 0) is 43.5 Å². The molecule has 2 heterocycles. The van der Waals surface area contributed by atoms with Crippen molar-refractivity contribution in [3.05, 3.63) is 23.8 Å². The Hall–Kier alpha value is -0.860. The quantitative estimate of drug-likeness (QED) is 0.780. The minimum atomic E-state index is -3.52. The highest BCUT2D eigenvalue weighted by Crippen LogP contribution is 2.29. The number of nitrogens with zero attached hydrogens (tertiary/aromatic N) is 1. The van der Waals surface area contributed by atoms with E-state index in [1.807, 2.05) is 13.1 Å². The van der Waals surface area contributed by atoms with E-state index in [9.17, 15) is 8.42 Å². The van der Waals surface area contributed by atoms with Crippen molar-refractivity contribution in [3.8, 4) is 0 Å². The molecule has 0 spiro atoms. The zero-order chi connectivity index (χ0) is 16.5. The summed E-state index contributed by atoms with van der Waals surface area (Å²) < 4.78 is 33.3. The molecule has 2 N–H and O–H groups in total. The molecule has 1 fully saturated rings. The lowest BCUT2D eigenvalue weighted by atomic mass is 9.99. The number of nitrogens with one attached hydrogen (secondary N) is 2. The SMILES string of the molecule is COCC1(CNS(=O)(=O)c2ccc3c(c2)N(C)CC3)CCCN1.Cl. The number of likely N-dealkylation sites (N-methyl/N-ethyl adjacent to an activating group) is 1. The summed E-state index contributed by atoms with van der Waals surface area (Å²) in [5.41, 5.74) is 1.92. The van der Waals surface area contributed by atoms with Gasteiger partial charge >= 0.3 is 0 Å². The molecule has 24 heavy (non-hydrogen) atoms. The highest BCUT2D eigenvalue weighted by Gasteiger charge is 2.35. The number of ether oxygens (including phenoxy) is 1. The average molecular weight is 376 g/mol. The molecule has 136 valence electrons. The number of anilines is 1. The van der Waals surface area contributed by atoms with Crippen LogP contribution in [-0.4, -0.2) is 54.4 Å². The van der Waals surface area contributed by atoms with E-state index in [1.54, 1.807) is 19.2 Å². The molecule has 2 aliphatic heterocycles. The lowest BCUT2D eigenvalue weighted by molar-refractivity contribution is 0.122. The number of benzene rings is 1. The predicted octanol–water partition coefficient (Wildman–Crippen LogP) is 1.15. The highest BCUT2D eigenvalue weighted by molar-refractivity contribution is 7.89. The maximum absolute atomic E-state index is 12.6. The molecule has 1 atom stereocenters. The first-order valence-corrected chi connectivity index (χ1v) is 9.52. The van der Waals surface area contributed by atoms with Crippen molar-refractivity contribution in [2.45, 2.75) is 29.7 Å². The Labute approximate surface area is 150 Å². The standard InChI is InChI=1S/C16H25N3O3S.ClH/c1-19-9-6-13-4-5-14(10-15(13)19)23(20,21)18-11-16(12-22-2)7-3-8-17-16;/h4-5,10,17-18H,3,6-9,11-12H2,1-2H3;1H. The van der Waals surface area contributed by atoms with E-state index in [-0.39, 0.29) is 17.9 Å². The summed E-state index contributed by atoms with van der Waals surface area (Å²) >= 11 is 0. The van der Waals surface area contributed by atoms with Gasteiger partial charge in [0.15, 0.2) is 0 Å². The van der Waals surface area contributed by atoms with Gasteiger partial charge in [0.05, 0.1) is 17.0 Å². The van der Waals surface area contributed by atoms with E-state index in [1.165, 1.54) is 5.56 Å². The van der Waals surface area contributed by atoms with Gasteiger partial charge in [0.1, 0.15) is 0 Å². The van der Waals surface area contributed by atoms with Crippen LogP contribution < -0.4 is 14.9 Å². The lowest BCUT2D eigenvalue weighted by Crippen LogP contribution is -2.52. The molecule has 2 aliphatic rings. The molecule has 1 saturated heterocycles. The van der Waals surface area contributed by atoms with Crippen LogP contribution in [0.2, 0.25) is 0 Å². The van der Waals surface area contributed by atoms with Crippen molar-refractivity contribution >= 4 is 28.1 Å². The average Bonchev–Trinajstić information content (AvgIpc) is 3.14. The van der Waals surface area contributed by atoms with Crippen LogP contribution in [0.3, 0.4) is 0 Å². The number of methoxy groups -OCH3 is 1. The molecule has 1 aromatic rings. The van der Waals surface area contributed by atoms with Crippen LogP contribution >= 0.6 is 12.4 Å². The maximum Gasteiger partial charge on any atom is 0.240 e. The smallest absolute Gasteiger partial charge is 0.240 e. The van der Waals surface area contributed by atoms with Crippen LogP contribution in [0, 0.1) is 0 Å². The molecule has 8 heteroatoms. The predicted molar refractivity (Wildman–Crippen MR) is 97.7 cm³/mol. The summed E-state index contributed by atoms with van der Waals surface area (Å²) in [7, 11) is 0.116. The van der Waals surface area contributed by atoms with Gasteiger partial charge in [0.25, 0.3) is 0 Å². The van der Waals surface area contributed by atoms with Crippen molar-refractivity contribution in [1.29, 1.82) is 0 Å². The molecule has 0 bridgehead atoms. The van der Waals surface area contributed by atoms with Crippen LogP contribution in [-0.2, 0) is 21.2 Å². The summed E-state index contributed by atoms with van der Waals surface area (Å²) in [5.74, 6) is 0. The van der Waals surface area contributed by atoms with Crippen molar-refractivity contribution < 1.29 is 13.2 Å². The fraction of sp³-hybridized carbons (Fsp3) is 0.625. The molecule has 0 saturated carbocycles. The Morgan fingerprint density at radius 1 is 1.42 bits per heavy atom. The topological polar surface area (TPSA) is 70.7 Å². The Morgan fingerprint density at radius 3 is 2.88 bits per heavy atom.